The van der Waals surface area contributed by atoms with Gasteiger partial charge in [0.05, 0.1) is 4.99 Å². The maximum absolute atomic E-state index is 5.39. The molecule has 0 unspecified atom stereocenters. The summed E-state index contributed by atoms with van der Waals surface area (Å²) in [4.78, 5) is 1.71. The van der Waals surface area contributed by atoms with Crippen LogP contribution in [0, 0.1) is 0 Å². The molecule has 0 aliphatic carbocycles. The number of nitrogens with two attached hydrogens (primary N) is 1. The molecular weight excluding hydrogens is 254 g/mol. The van der Waals surface area contributed by atoms with Gasteiger partial charge >= 0.3 is 0 Å². The summed E-state index contributed by atoms with van der Waals surface area (Å²) in [6.07, 6.45) is 0. The Hall–Kier alpha value is -0.0600. The maximum atomic E-state index is 5.39. The van der Waals surface area contributed by atoms with Crippen LogP contribution in [-0.2, 0) is 0 Å². The molecule has 0 bridgehead atoms. The smallest absolute Gasteiger partial charge is 0.0831 e. The van der Waals surface area contributed by atoms with Crippen molar-refractivity contribution in [3.63, 3.8) is 0 Å². The molecule has 0 heterocycles. The Kier molecular flexibility index (Phi) is 4.05. The number of thiocarbonyl (C=S) groups is 1. The van der Waals surface area contributed by atoms with Crippen LogP contribution in [0.3, 0.4) is 0 Å². The maximum Gasteiger partial charge on any atom is 0.0831 e. The van der Waals surface area contributed by atoms with E-state index in [0.717, 1.165) is 4.47 Å². The molecule has 0 spiro atoms. The summed E-state index contributed by atoms with van der Waals surface area (Å²) in [5, 5.41) is 0. The summed E-state index contributed by atoms with van der Waals surface area (Å²) in [5.74, 6) is 0.692. The van der Waals surface area contributed by atoms with E-state index in [-0.39, 0.29) is 0 Å². The molecule has 2 N–H and O–H groups in total. The molecule has 12 heavy (non-hydrogen) atoms. The monoisotopic (exact) mass is 261 g/mol. The Morgan fingerprint density at radius 3 is 2.75 bits per heavy atom. The van der Waals surface area contributed by atoms with Crippen LogP contribution in [0.4, 0.5) is 0 Å². The van der Waals surface area contributed by atoms with Crippen molar-refractivity contribution < 1.29 is 0 Å². The van der Waals surface area contributed by atoms with Crippen LogP contribution < -0.4 is 5.73 Å². The summed E-state index contributed by atoms with van der Waals surface area (Å²) in [5.41, 5.74) is 5.39. The molecule has 0 aromatic heterocycles. The van der Waals surface area contributed by atoms with E-state index in [1.807, 2.05) is 24.3 Å². The van der Waals surface area contributed by atoms with Gasteiger partial charge in [0.15, 0.2) is 0 Å². The lowest BCUT2D eigenvalue weighted by Gasteiger charge is -2.01. The van der Waals surface area contributed by atoms with E-state index in [4.69, 9.17) is 18.0 Å². The Balaban J connectivity index is 2.63. The fourth-order valence-corrected chi connectivity index (χ4v) is 2.19. The second-order valence-electron chi connectivity index (χ2n) is 2.19. The van der Waals surface area contributed by atoms with Crippen LogP contribution in [0.2, 0.25) is 0 Å². The first kappa shape index (κ1) is 10.0. The lowest BCUT2D eigenvalue weighted by atomic mass is 10.4. The van der Waals surface area contributed by atoms with Crippen LogP contribution in [-0.4, -0.2) is 10.7 Å². The van der Waals surface area contributed by atoms with E-state index in [9.17, 15) is 0 Å². The zero-order valence-electron chi connectivity index (χ0n) is 6.29. The van der Waals surface area contributed by atoms with E-state index in [0.29, 0.717) is 10.7 Å². The number of thioether (sulfide) groups is 1. The van der Waals surface area contributed by atoms with E-state index >= 15 is 0 Å². The van der Waals surface area contributed by atoms with Crippen LogP contribution in [0.5, 0.6) is 0 Å². The van der Waals surface area contributed by atoms with Crippen molar-refractivity contribution >= 4 is 44.9 Å². The van der Waals surface area contributed by atoms with Gasteiger partial charge in [-0.05, 0) is 28.1 Å². The molecule has 0 atom stereocenters. The van der Waals surface area contributed by atoms with Gasteiger partial charge in [-0.1, -0.05) is 24.4 Å². The van der Waals surface area contributed by atoms with Gasteiger partial charge in [-0.3, -0.25) is 0 Å². The second-order valence-corrected chi connectivity index (χ2v) is 4.58. The highest BCUT2D eigenvalue weighted by atomic mass is 79.9. The van der Waals surface area contributed by atoms with Gasteiger partial charge in [0.2, 0.25) is 0 Å². The van der Waals surface area contributed by atoms with Crippen LogP contribution in [0.15, 0.2) is 33.6 Å². The summed E-state index contributed by atoms with van der Waals surface area (Å²) in [6.45, 7) is 0. The molecular formula is C8H8BrNS2. The first-order valence-electron chi connectivity index (χ1n) is 3.36. The van der Waals surface area contributed by atoms with E-state index in [2.05, 4.69) is 15.9 Å². The molecule has 0 aliphatic heterocycles. The lowest BCUT2D eigenvalue weighted by Crippen LogP contribution is -2.10. The predicted molar refractivity (Wildman–Crippen MR) is 61.7 cm³/mol. The number of benzene rings is 1. The topological polar surface area (TPSA) is 26.0 Å². The average molecular weight is 262 g/mol. The Morgan fingerprint density at radius 2 is 2.17 bits per heavy atom. The van der Waals surface area contributed by atoms with Crippen molar-refractivity contribution in [2.24, 2.45) is 5.73 Å². The quantitative estimate of drug-likeness (QED) is 0.670. The minimum Gasteiger partial charge on any atom is -0.393 e. The minimum atomic E-state index is 0.538. The Labute approximate surface area is 89.9 Å². The van der Waals surface area contributed by atoms with Crippen molar-refractivity contribution in [2.45, 2.75) is 4.90 Å². The summed E-state index contributed by atoms with van der Waals surface area (Å²) >= 11 is 9.86. The van der Waals surface area contributed by atoms with Crippen molar-refractivity contribution in [1.29, 1.82) is 0 Å². The van der Waals surface area contributed by atoms with Crippen LogP contribution in [0.1, 0.15) is 0 Å². The zero-order chi connectivity index (χ0) is 8.97. The Morgan fingerprint density at radius 1 is 1.50 bits per heavy atom. The van der Waals surface area contributed by atoms with Crippen molar-refractivity contribution in [3.05, 3.63) is 28.7 Å². The Bertz CT molecular complexity index is 288. The van der Waals surface area contributed by atoms with Crippen molar-refractivity contribution in [3.8, 4) is 0 Å². The first-order valence-corrected chi connectivity index (χ1v) is 5.54. The van der Waals surface area contributed by atoms with Gasteiger partial charge in [-0.25, -0.2) is 0 Å². The molecule has 64 valence electrons. The highest BCUT2D eigenvalue weighted by Crippen LogP contribution is 2.26. The molecule has 1 aromatic rings. The van der Waals surface area contributed by atoms with Gasteiger partial charge in [0, 0.05) is 15.1 Å². The third-order valence-corrected chi connectivity index (χ3v) is 3.61. The molecule has 0 fully saturated rings. The first-order chi connectivity index (χ1) is 5.70. The average Bonchev–Trinajstić information content (AvgIpc) is 2.03. The number of rotatable bonds is 3. The second kappa shape index (κ2) is 4.84. The van der Waals surface area contributed by atoms with Gasteiger partial charge < -0.3 is 5.73 Å². The molecule has 4 heteroatoms. The van der Waals surface area contributed by atoms with Crippen LogP contribution >= 0.6 is 39.9 Å². The third-order valence-electron chi connectivity index (χ3n) is 1.21. The summed E-state index contributed by atoms with van der Waals surface area (Å²) in [6, 6.07) is 8.01. The van der Waals surface area contributed by atoms with Crippen LogP contribution in [0.25, 0.3) is 0 Å². The molecule has 0 amide bonds. The molecule has 1 nitrogen and oxygen atoms in total. The van der Waals surface area contributed by atoms with Crippen molar-refractivity contribution in [2.75, 3.05) is 5.75 Å². The van der Waals surface area contributed by atoms with Gasteiger partial charge in [0.1, 0.15) is 0 Å². The summed E-state index contributed by atoms with van der Waals surface area (Å²) in [7, 11) is 0. The third kappa shape index (κ3) is 3.13. The van der Waals surface area contributed by atoms with Gasteiger partial charge in [-0.15, -0.1) is 11.8 Å². The molecule has 1 rings (SSSR count). The molecule has 1 aromatic carbocycles. The van der Waals surface area contributed by atoms with E-state index in [1.54, 1.807) is 11.8 Å². The van der Waals surface area contributed by atoms with Gasteiger partial charge in [-0.2, -0.15) is 0 Å². The number of halogens is 1. The predicted octanol–water partition coefficient (Wildman–Crippen LogP) is 2.83. The zero-order valence-corrected chi connectivity index (χ0v) is 9.51. The SMILES string of the molecule is NC(=S)CSc1ccccc1Br. The highest BCUT2D eigenvalue weighted by molar-refractivity contribution is 9.10. The van der Waals surface area contributed by atoms with Gasteiger partial charge in [0.25, 0.3) is 0 Å². The fraction of sp³-hybridized carbons (Fsp3) is 0.125. The molecule has 0 aliphatic rings. The molecule has 0 radical (unpaired) electrons. The molecule has 0 saturated carbocycles. The summed E-state index contributed by atoms with van der Waals surface area (Å²) < 4.78 is 1.09. The standard InChI is InChI=1S/C8H8BrNS2/c9-6-3-1-2-4-7(6)12-5-8(10)11/h1-4H,5H2,(H2,10,11). The number of hydrogen-bond acceptors (Lipinski definition) is 2. The fourth-order valence-electron chi connectivity index (χ4n) is 0.711. The van der Waals surface area contributed by atoms with E-state index in [1.165, 1.54) is 4.90 Å². The normalized spacial score (nSPS) is 9.75. The van der Waals surface area contributed by atoms with E-state index < -0.39 is 0 Å². The molecule has 0 saturated heterocycles. The minimum absolute atomic E-state index is 0.538. The number of hydrogen-bond donors (Lipinski definition) is 1. The highest BCUT2D eigenvalue weighted by Gasteiger charge is 1.98. The lowest BCUT2D eigenvalue weighted by molar-refractivity contribution is 1.41. The largest absolute Gasteiger partial charge is 0.393 e. The van der Waals surface area contributed by atoms with Crippen molar-refractivity contribution in [1.82, 2.24) is 0 Å².